The molecule has 116 valence electrons. The molecule has 0 spiro atoms. The molecule has 1 atom stereocenters. The number of nitrogens with zero attached hydrogens (tertiary/aromatic N) is 1. The third-order valence-corrected chi connectivity index (χ3v) is 6.48. The SMILES string of the molecule is Cc1cccc(C(=O)N(CCO)C2CCS(=O)(=O)C2)c1Br. The number of aryl methyl sites for hydroxylation is 1. The highest BCUT2D eigenvalue weighted by Gasteiger charge is 2.35. The minimum Gasteiger partial charge on any atom is -0.395 e. The van der Waals surface area contributed by atoms with E-state index in [1.54, 1.807) is 12.1 Å². The van der Waals surface area contributed by atoms with E-state index in [0.717, 1.165) is 5.56 Å². The Hall–Kier alpha value is -0.920. The van der Waals surface area contributed by atoms with Gasteiger partial charge in [-0.2, -0.15) is 0 Å². The summed E-state index contributed by atoms with van der Waals surface area (Å²) in [4.78, 5) is 14.2. The van der Waals surface area contributed by atoms with Gasteiger partial charge in [0.1, 0.15) is 0 Å². The molecule has 5 nitrogen and oxygen atoms in total. The van der Waals surface area contributed by atoms with Crippen LogP contribution in [0.3, 0.4) is 0 Å². The summed E-state index contributed by atoms with van der Waals surface area (Å²) >= 11 is 3.40. The fraction of sp³-hybridized carbons (Fsp3) is 0.500. The topological polar surface area (TPSA) is 74.7 Å². The molecule has 1 fully saturated rings. The second kappa shape index (κ2) is 6.46. The molecule has 0 bridgehead atoms. The lowest BCUT2D eigenvalue weighted by atomic mass is 10.1. The van der Waals surface area contributed by atoms with Gasteiger partial charge in [-0.15, -0.1) is 0 Å². The molecule has 1 heterocycles. The van der Waals surface area contributed by atoms with Crippen molar-refractivity contribution in [2.24, 2.45) is 0 Å². The number of hydrogen-bond donors (Lipinski definition) is 1. The van der Waals surface area contributed by atoms with Crippen molar-refractivity contribution in [3.8, 4) is 0 Å². The van der Waals surface area contributed by atoms with Gasteiger partial charge in [-0.1, -0.05) is 12.1 Å². The summed E-state index contributed by atoms with van der Waals surface area (Å²) in [5.74, 6) is -0.175. The van der Waals surface area contributed by atoms with Crippen molar-refractivity contribution in [3.63, 3.8) is 0 Å². The van der Waals surface area contributed by atoms with E-state index in [4.69, 9.17) is 0 Å². The van der Waals surface area contributed by atoms with Crippen molar-refractivity contribution >= 4 is 31.7 Å². The van der Waals surface area contributed by atoms with Crippen molar-refractivity contribution in [3.05, 3.63) is 33.8 Å². The number of carbonyl (C=O) groups excluding carboxylic acids is 1. The lowest BCUT2D eigenvalue weighted by molar-refractivity contribution is 0.0654. The maximum atomic E-state index is 12.7. The molecule has 0 radical (unpaired) electrons. The number of amides is 1. The first kappa shape index (κ1) is 16.5. The second-order valence-corrected chi connectivity index (χ2v) is 8.24. The van der Waals surface area contributed by atoms with Crippen LogP contribution < -0.4 is 0 Å². The van der Waals surface area contributed by atoms with E-state index in [0.29, 0.717) is 16.5 Å². The van der Waals surface area contributed by atoms with E-state index in [1.807, 2.05) is 13.0 Å². The highest BCUT2D eigenvalue weighted by molar-refractivity contribution is 9.10. The summed E-state index contributed by atoms with van der Waals surface area (Å²) in [6.07, 6.45) is 0.428. The normalized spacial score (nSPS) is 20.4. The molecule has 1 aliphatic rings. The van der Waals surface area contributed by atoms with E-state index < -0.39 is 9.84 Å². The van der Waals surface area contributed by atoms with E-state index in [1.165, 1.54) is 4.90 Å². The summed E-state index contributed by atoms with van der Waals surface area (Å²) in [6, 6.07) is 5.02. The summed E-state index contributed by atoms with van der Waals surface area (Å²) in [5, 5.41) is 9.19. The smallest absolute Gasteiger partial charge is 0.255 e. The van der Waals surface area contributed by atoms with Crippen LogP contribution in [0.5, 0.6) is 0 Å². The van der Waals surface area contributed by atoms with Crippen LogP contribution in [0.15, 0.2) is 22.7 Å². The first-order valence-corrected chi connectivity index (χ1v) is 9.34. The Morgan fingerprint density at radius 2 is 2.19 bits per heavy atom. The van der Waals surface area contributed by atoms with Crippen molar-refractivity contribution in [1.29, 1.82) is 0 Å². The molecule has 1 aromatic carbocycles. The monoisotopic (exact) mass is 375 g/mol. The third kappa shape index (κ3) is 3.64. The van der Waals surface area contributed by atoms with Crippen LogP contribution in [0.1, 0.15) is 22.3 Å². The van der Waals surface area contributed by atoms with Gasteiger partial charge >= 0.3 is 0 Å². The van der Waals surface area contributed by atoms with Crippen molar-refractivity contribution in [2.45, 2.75) is 19.4 Å². The lowest BCUT2D eigenvalue weighted by Gasteiger charge is -2.28. The van der Waals surface area contributed by atoms with Crippen molar-refractivity contribution < 1.29 is 18.3 Å². The minimum atomic E-state index is -3.08. The number of aliphatic hydroxyl groups is 1. The summed E-state index contributed by atoms with van der Waals surface area (Å²) < 4.78 is 23.9. The first-order chi connectivity index (χ1) is 9.85. The molecule has 0 aromatic heterocycles. The van der Waals surface area contributed by atoms with Gasteiger partial charge in [0.05, 0.1) is 23.7 Å². The van der Waals surface area contributed by atoms with Crippen LogP contribution in [0.2, 0.25) is 0 Å². The first-order valence-electron chi connectivity index (χ1n) is 6.73. The average Bonchev–Trinajstić information content (AvgIpc) is 2.78. The maximum Gasteiger partial charge on any atom is 0.255 e. The van der Waals surface area contributed by atoms with Gasteiger partial charge in [0.15, 0.2) is 9.84 Å². The molecule has 1 N–H and O–H groups in total. The second-order valence-electron chi connectivity index (χ2n) is 5.22. The van der Waals surface area contributed by atoms with Crippen LogP contribution in [0, 0.1) is 6.92 Å². The Bertz CT molecular complexity index is 644. The summed E-state index contributed by atoms with van der Waals surface area (Å²) in [5.41, 5.74) is 1.43. The zero-order chi connectivity index (χ0) is 15.6. The summed E-state index contributed by atoms with van der Waals surface area (Å²) in [7, 11) is -3.08. The molecule has 1 unspecified atom stereocenters. The quantitative estimate of drug-likeness (QED) is 0.862. The van der Waals surface area contributed by atoms with Gasteiger partial charge in [0, 0.05) is 17.1 Å². The van der Waals surface area contributed by atoms with Crippen molar-refractivity contribution in [1.82, 2.24) is 4.90 Å². The molecular formula is C14H18BrNO4S. The van der Waals surface area contributed by atoms with Gasteiger partial charge in [0.25, 0.3) is 5.91 Å². The summed E-state index contributed by atoms with van der Waals surface area (Å²) in [6.45, 7) is 1.84. The zero-order valence-electron chi connectivity index (χ0n) is 11.8. The molecule has 0 aliphatic carbocycles. The van der Waals surface area contributed by atoms with Crippen LogP contribution in [0.4, 0.5) is 0 Å². The number of aliphatic hydroxyl groups excluding tert-OH is 1. The largest absolute Gasteiger partial charge is 0.395 e. The molecule has 1 saturated heterocycles. The van der Waals surface area contributed by atoms with Crippen LogP contribution in [-0.2, 0) is 9.84 Å². The Labute approximate surface area is 133 Å². The maximum absolute atomic E-state index is 12.7. The number of sulfone groups is 1. The molecular weight excluding hydrogens is 358 g/mol. The number of rotatable bonds is 4. The number of benzene rings is 1. The minimum absolute atomic E-state index is 0.0256. The van der Waals surface area contributed by atoms with Crippen LogP contribution in [-0.4, -0.2) is 55.0 Å². The van der Waals surface area contributed by atoms with Gasteiger partial charge in [-0.25, -0.2) is 8.42 Å². The highest BCUT2D eigenvalue weighted by Crippen LogP contribution is 2.25. The standard InChI is InChI=1S/C14H18BrNO4S/c1-10-3-2-4-12(13(10)15)14(18)16(6-7-17)11-5-8-21(19,20)9-11/h2-4,11,17H,5-9H2,1H3. The van der Waals surface area contributed by atoms with E-state index >= 15 is 0 Å². The fourth-order valence-electron chi connectivity index (χ4n) is 2.55. The Morgan fingerprint density at radius 1 is 1.48 bits per heavy atom. The number of hydrogen-bond acceptors (Lipinski definition) is 4. The molecule has 1 aromatic rings. The number of halogens is 1. The molecule has 21 heavy (non-hydrogen) atoms. The molecule has 7 heteroatoms. The average molecular weight is 376 g/mol. The van der Waals surface area contributed by atoms with E-state index in [-0.39, 0.29) is 36.6 Å². The Morgan fingerprint density at radius 3 is 2.76 bits per heavy atom. The molecule has 2 rings (SSSR count). The van der Waals surface area contributed by atoms with Crippen LogP contribution in [0.25, 0.3) is 0 Å². The van der Waals surface area contributed by atoms with Crippen LogP contribution >= 0.6 is 15.9 Å². The highest BCUT2D eigenvalue weighted by atomic mass is 79.9. The van der Waals surface area contributed by atoms with E-state index in [2.05, 4.69) is 15.9 Å². The van der Waals surface area contributed by atoms with Gasteiger partial charge in [-0.05, 0) is 40.9 Å². The van der Waals surface area contributed by atoms with Crippen molar-refractivity contribution in [2.75, 3.05) is 24.7 Å². The zero-order valence-corrected chi connectivity index (χ0v) is 14.2. The van der Waals surface area contributed by atoms with Gasteiger partial charge < -0.3 is 10.0 Å². The fourth-order valence-corrected chi connectivity index (χ4v) is 4.71. The van der Waals surface area contributed by atoms with Gasteiger partial charge in [0.2, 0.25) is 0 Å². The predicted molar refractivity (Wildman–Crippen MR) is 84.1 cm³/mol. The Kier molecular flexibility index (Phi) is 5.06. The Balaban J connectivity index is 2.30. The number of carbonyl (C=O) groups is 1. The van der Waals surface area contributed by atoms with Gasteiger partial charge in [-0.3, -0.25) is 4.79 Å². The lowest BCUT2D eigenvalue weighted by Crippen LogP contribution is -2.43. The molecule has 1 aliphatic heterocycles. The third-order valence-electron chi connectivity index (χ3n) is 3.67. The predicted octanol–water partition coefficient (Wildman–Crippen LogP) is 1.38. The van der Waals surface area contributed by atoms with E-state index in [9.17, 15) is 18.3 Å². The molecule has 0 saturated carbocycles. The molecule has 1 amide bonds.